The van der Waals surface area contributed by atoms with Crippen LogP contribution >= 0.6 is 11.3 Å². The van der Waals surface area contributed by atoms with Gasteiger partial charge in [-0.1, -0.05) is 20.3 Å². The second-order valence-electron chi connectivity index (χ2n) is 4.75. The second kappa shape index (κ2) is 10.3. The number of sulfonamides is 1. The fourth-order valence-electron chi connectivity index (χ4n) is 1.75. The van der Waals surface area contributed by atoms with Gasteiger partial charge in [0.2, 0.25) is 10.0 Å². The Labute approximate surface area is 132 Å². The number of hydrogen-bond donors (Lipinski definition) is 2. The number of ether oxygens (including phenoxy) is 1. The van der Waals surface area contributed by atoms with Crippen LogP contribution < -0.4 is 10.0 Å². The summed E-state index contributed by atoms with van der Waals surface area (Å²) in [6.07, 6.45) is 3.11. The molecule has 0 amide bonds. The first-order valence-corrected chi connectivity index (χ1v) is 9.82. The molecule has 122 valence electrons. The van der Waals surface area contributed by atoms with Gasteiger partial charge in [0, 0.05) is 24.6 Å². The summed E-state index contributed by atoms with van der Waals surface area (Å²) in [5.41, 5.74) is 0. The van der Waals surface area contributed by atoms with Crippen LogP contribution in [-0.2, 0) is 21.3 Å². The summed E-state index contributed by atoms with van der Waals surface area (Å²) in [6.45, 7) is 7.06. The van der Waals surface area contributed by atoms with Crippen LogP contribution in [0.25, 0.3) is 0 Å². The summed E-state index contributed by atoms with van der Waals surface area (Å²) in [5.74, 6) is 0. The van der Waals surface area contributed by atoms with Gasteiger partial charge in [-0.2, -0.15) is 0 Å². The van der Waals surface area contributed by atoms with Crippen LogP contribution in [0.5, 0.6) is 0 Å². The van der Waals surface area contributed by atoms with Gasteiger partial charge in [-0.3, -0.25) is 0 Å². The Kier molecular flexibility index (Phi) is 9.10. The molecule has 0 spiro atoms. The molecule has 1 rings (SSSR count). The van der Waals surface area contributed by atoms with Gasteiger partial charge in [-0.05, 0) is 30.8 Å². The quantitative estimate of drug-likeness (QED) is 0.576. The van der Waals surface area contributed by atoms with E-state index in [9.17, 15) is 8.42 Å². The topological polar surface area (TPSA) is 67.4 Å². The van der Waals surface area contributed by atoms with Crippen molar-refractivity contribution in [1.29, 1.82) is 0 Å². The maximum absolute atomic E-state index is 12.2. The highest BCUT2D eigenvalue weighted by molar-refractivity contribution is 7.89. The second-order valence-corrected chi connectivity index (χ2v) is 7.48. The lowest BCUT2D eigenvalue weighted by Gasteiger charge is -2.09. The van der Waals surface area contributed by atoms with Gasteiger partial charge >= 0.3 is 0 Å². The Morgan fingerprint density at radius 3 is 2.71 bits per heavy atom. The molecule has 5 nitrogen and oxygen atoms in total. The zero-order valence-electron chi connectivity index (χ0n) is 12.9. The van der Waals surface area contributed by atoms with E-state index in [1.165, 1.54) is 11.3 Å². The zero-order chi connectivity index (χ0) is 15.6. The molecule has 1 heterocycles. The molecule has 0 aliphatic carbocycles. The molecule has 1 aromatic rings. The van der Waals surface area contributed by atoms with Crippen molar-refractivity contribution in [3.63, 3.8) is 0 Å². The van der Waals surface area contributed by atoms with Crippen molar-refractivity contribution in [1.82, 2.24) is 10.0 Å². The van der Waals surface area contributed by atoms with Crippen molar-refractivity contribution in [2.75, 3.05) is 26.3 Å². The highest BCUT2D eigenvalue weighted by Crippen LogP contribution is 2.21. The Morgan fingerprint density at radius 2 is 2.00 bits per heavy atom. The van der Waals surface area contributed by atoms with Crippen molar-refractivity contribution in [3.05, 3.63) is 16.3 Å². The molecule has 0 saturated carbocycles. The molecule has 2 N–H and O–H groups in total. The molecule has 0 saturated heterocycles. The van der Waals surface area contributed by atoms with E-state index in [0.717, 1.165) is 30.7 Å². The highest BCUT2D eigenvalue weighted by Gasteiger charge is 2.18. The third-order valence-corrected chi connectivity index (χ3v) is 5.48. The Balaban J connectivity index is 2.44. The lowest BCUT2D eigenvalue weighted by Crippen LogP contribution is -2.28. The Morgan fingerprint density at radius 1 is 1.19 bits per heavy atom. The molecule has 0 atom stereocenters. The summed E-state index contributed by atoms with van der Waals surface area (Å²) in [4.78, 5) is 1.23. The molecule has 0 aliphatic heterocycles. The standard InChI is InChI=1S/C14H26N2O3S2/c1-3-5-9-19-10-8-16-21(17,18)14-6-11-20-13(14)12-15-7-4-2/h6,11,15-16H,3-5,7-10,12H2,1-2H3. The molecular formula is C14H26N2O3S2. The van der Waals surface area contributed by atoms with Crippen LogP contribution in [0.3, 0.4) is 0 Å². The van der Waals surface area contributed by atoms with Crippen LogP contribution in [0.1, 0.15) is 38.0 Å². The summed E-state index contributed by atoms with van der Waals surface area (Å²) in [7, 11) is -3.44. The monoisotopic (exact) mass is 334 g/mol. The van der Waals surface area contributed by atoms with Crippen molar-refractivity contribution in [3.8, 4) is 0 Å². The SMILES string of the molecule is CCCCOCCNS(=O)(=O)c1ccsc1CNCCC. The summed E-state index contributed by atoms with van der Waals surface area (Å²) in [5, 5.41) is 5.05. The molecule has 0 fully saturated rings. The molecule has 21 heavy (non-hydrogen) atoms. The summed E-state index contributed by atoms with van der Waals surface area (Å²) < 4.78 is 32.5. The summed E-state index contributed by atoms with van der Waals surface area (Å²) in [6, 6.07) is 1.66. The van der Waals surface area contributed by atoms with Crippen LogP contribution in [0.15, 0.2) is 16.3 Å². The fraction of sp³-hybridized carbons (Fsp3) is 0.714. The first-order chi connectivity index (χ1) is 10.1. The van der Waals surface area contributed by atoms with Gasteiger partial charge < -0.3 is 10.1 Å². The number of thiophene rings is 1. The van der Waals surface area contributed by atoms with Crippen molar-refractivity contribution >= 4 is 21.4 Å². The van der Waals surface area contributed by atoms with Crippen molar-refractivity contribution in [2.45, 2.75) is 44.6 Å². The predicted molar refractivity (Wildman–Crippen MR) is 87.2 cm³/mol. The molecular weight excluding hydrogens is 308 g/mol. The first-order valence-electron chi connectivity index (χ1n) is 7.46. The van der Waals surface area contributed by atoms with Gasteiger partial charge in [0.25, 0.3) is 0 Å². The van der Waals surface area contributed by atoms with E-state index in [0.29, 0.717) is 31.2 Å². The lowest BCUT2D eigenvalue weighted by atomic mass is 10.4. The molecule has 0 aliphatic rings. The molecule has 0 unspecified atom stereocenters. The van der Waals surface area contributed by atoms with Crippen LogP contribution in [0.4, 0.5) is 0 Å². The number of rotatable bonds is 12. The Hall–Kier alpha value is -0.470. The number of unbranched alkanes of at least 4 members (excludes halogenated alkanes) is 1. The van der Waals surface area contributed by atoms with Gasteiger partial charge in [0.1, 0.15) is 0 Å². The highest BCUT2D eigenvalue weighted by atomic mass is 32.2. The minimum absolute atomic E-state index is 0.309. The van der Waals surface area contributed by atoms with E-state index in [1.807, 2.05) is 5.38 Å². The molecule has 0 radical (unpaired) electrons. The van der Waals surface area contributed by atoms with E-state index in [-0.39, 0.29) is 0 Å². The van der Waals surface area contributed by atoms with Crippen LogP contribution in [-0.4, -0.2) is 34.7 Å². The minimum Gasteiger partial charge on any atom is -0.380 e. The predicted octanol–water partition coefficient (Wildman–Crippen LogP) is 2.34. The lowest BCUT2D eigenvalue weighted by molar-refractivity contribution is 0.136. The molecule has 0 aromatic carbocycles. The van der Waals surface area contributed by atoms with Gasteiger partial charge in [-0.15, -0.1) is 11.3 Å². The van der Waals surface area contributed by atoms with Gasteiger partial charge in [0.05, 0.1) is 11.5 Å². The maximum atomic E-state index is 12.2. The smallest absolute Gasteiger partial charge is 0.241 e. The van der Waals surface area contributed by atoms with Gasteiger partial charge in [-0.25, -0.2) is 13.1 Å². The molecule has 1 aromatic heterocycles. The van der Waals surface area contributed by atoms with Crippen molar-refractivity contribution < 1.29 is 13.2 Å². The summed E-state index contributed by atoms with van der Waals surface area (Å²) >= 11 is 1.46. The first kappa shape index (κ1) is 18.6. The minimum atomic E-state index is -3.44. The average Bonchev–Trinajstić information content (AvgIpc) is 2.92. The third kappa shape index (κ3) is 6.88. The largest absolute Gasteiger partial charge is 0.380 e. The third-order valence-electron chi connectivity index (χ3n) is 2.89. The van der Waals surface area contributed by atoms with Crippen LogP contribution in [0.2, 0.25) is 0 Å². The fourth-order valence-corrected chi connectivity index (χ4v) is 4.17. The average molecular weight is 335 g/mol. The molecule has 0 bridgehead atoms. The number of hydrogen-bond acceptors (Lipinski definition) is 5. The Bertz CT molecular complexity index is 486. The van der Waals surface area contributed by atoms with E-state index in [2.05, 4.69) is 23.9 Å². The van der Waals surface area contributed by atoms with Crippen molar-refractivity contribution in [2.24, 2.45) is 0 Å². The van der Waals surface area contributed by atoms with E-state index < -0.39 is 10.0 Å². The zero-order valence-corrected chi connectivity index (χ0v) is 14.5. The molecule has 7 heteroatoms. The normalized spacial score (nSPS) is 11.9. The maximum Gasteiger partial charge on any atom is 0.241 e. The van der Waals surface area contributed by atoms with E-state index in [1.54, 1.807) is 6.07 Å². The number of nitrogens with one attached hydrogen (secondary N) is 2. The van der Waals surface area contributed by atoms with Gasteiger partial charge in [0.15, 0.2) is 0 Å². The van der Waals surface area contributed by atoms with E-state index >= 15 is 0 Å². The van der Waals surface area contributed by atoms with Crippen LogP contribution in [0, 0.1) is 0 Å². The van der Waals surface area contributed by atoms with E-state index in [4.69, 9.17) is 4.74 Å².